The van der Waals surface area contributed by atoms with Gasteiger partial charge in [-0.05, 0) is 89.6 Å². The van der Waals surface area contributed by atoms with Crippen LogP contribution in [-0.4, -0.2) is 34.4 Å². The van der Waals surface area contributed by atoms with Gasteiger partial charge in [0.25, 0.3) is 5.91 Å². The normalized spacial score (nSPS) is 14.2. The first-order valence-electron chi connectivity index (χ1n) is 14.4. The van der Waals surface area contributed by atoms with Gasteiger partial charge in [0.2, 0.25) is 11.1 Å². The number of fused-ring (bicyclic) bond motifs is 1. The first kappa shape index (κ1) is 31.9. The molecule has 2 N–H and O–H groups in total. The highest BCUT2D eigenvalue weighted by molar-refractivity contribution is 9.10. The number of thioether (sulfide) groups is 1. The summed E-state index contributed by atoms with van der Waals surface area (Å²) in [6.07, 6.45) is 1.94. The Labute approximate surface area is 275 Å². The lowest BCUT2D eigenvalue weighted by molar-refractivity contribution is -0.113. The molecule has 1 aliphatic heterocycles. The highest BCUT2D eigenvalue weighted by atomic mass is 79.9. The molecule has 0 aliphatic carbocycles. The van der Waals surface area contributed by atoms with Gasteiger partial charge in [0.1, 0.15) is 6.04 Å². The summed E-state index contributed by atoms with van der Waals surface area (Å²) in [6, 6.07) is 16.9. The summed E-state index contributed by atoms with van der Waals surface area (Å²) in [5.41, 5.74) is 5.84. The number of ether oxygens (including phenoxy) is 2. The molecule has 230 valence electrons. The van der Waals surface area contributed by atoms with Crippen molar-refractivity contribution in [2.75, 3.05) is 24.4 Å². The van der Waals surface area contributed by atoms with Crippen molar-refractivity contribution in [3.8, 4) is 11.5 Å². The van der Waals surface area contributed by atoms with Crippen LogP contribution in [0, 0.1) is 13.8 Å². The summed E-state index contributed by atoms with van der Waals surface area (Å²) in [4.78, 5) is 18.9. The minimum absolute atomic E-state index is 0.238. The number of amides is 1. The van der Waals surface area contributed by atoms with Crippen LogP contribution in [0.5, 0.6) is 11.5 Å². The number of aromatic nitrogens is 3. The maximum Gasteiger partial charge on any atom is 0.255 e. The van der Waals surface area contributed by atoms with E-state index < -0.39 is 6.04 Å². The minimum Gasteiger partial charge on any atom is -0.493 e. The van der Waals surface area contributed by atoms with Gasteiger partial charge in [-0.25, -0.2) is 4.68 Å². The Morgan fingerprint density at radius 3 is 2.70 bits per heavy atom. The van der Waals surface area contributed by atoms with Gasteiger partial charge in [0.05, 0.1) is 23.8 Å². The molecule has 4 aromatic rings. The van der Waals surface area contributed by atoms with E-state index in [-0.39, 0.29) is 5.91 Å². The molecule has 3 aromatic carbocycles. The van der Waals surface area contributed by atoms with Crippen LogP contribution in [-0.2, 0) is 10.5 Å². The Bertz CT molecular complexity index is 1720. The summed E-state index contributed by atoms with van der Waals surface area (Å²) in [5.74, 6) is 2.08. The Hall–Kier alpha value is -3.47. The Balaban J connectivity index is 1.56. The average Bonchev–Trinajstić information content (AvgIpc) is 3.41. The van der Waals surface area contributed by atoms with Crippen molar-refractivity contribution < 1.29 is 14.3 Å². The van der Waals surface area contributed by atoms with Gasteiger partial charge in [-0.3, -0.25) is 4.79 Å². The lowest BCUT2D eigenvalue weighted by Crippen LogP contribution is -2.31. The third-order valence-corrected chi connectivity index (χ3v) is 9.40. The van der Waals surface area contributed by atoms with Crippen molar-refractivity contribution >= 4 is 56.8 Å². The first-order valence-corrected chi connectivity index (χ1v) is 16.6. The number of anilines is 2. The summed E-state index contributed by atoms with van der Waals surface area (Å²) in [5, 5.41) is 12.6. The van der Waals surface area contributed by atoms with E-state index in [4.69, 9.17) is 31.2 Å². The molecule has 0 fully saturated rings. The highest BCUT2D eigenvalue weighted by Gasteiger charge is 2.35. The largest absolute Gasteiger partial charge is 0.493 e. The second-order valence-corrected chi connectivity index (χ2v) is 12.8. The molecule has 44 heavy (non-hydrogen) atoms. The molecule has 5 rings (SSSR count). The molecule has 1 amide bonds. The molecule has 11 heteroatoms. The SMILES string of the molecule is CCCCOc1c(Br)cc(C2C(C(=O)Nc3cccc(C)c3C)=C(C)Nc3nc(SCc4ccccc4Cl)nn32)cc1OC. The Kier molecular flexibility index (Phi) is 10.2. The van der Waals surface area contributed by atoms with E-state index in [0.717, 1.165) is 45.3 Å². The number of carbonyl (C=O) groups excluding carboxylic acids is 1. The lowest BCUT2D eigenvalue weighted by Gasteiger charge is -2.29. The number of methoxy groups -OCH3 is 1. The third-order valence-electron chi connectivity index (χ3n) is 7.56. The van der Waals surface area contributed by atoms with Gasteiger partial charge in [0.15, 0.2) is 11.5 Å². The number of halogens is 2. The van der Waals surface area contributed by atoms with Gasteiger partial charge >= 0.3 is 0 Å². The van der Waals surface area contributed by atoms with Gasteiger partial charge < -0.3 is 20.1 Å². The number of carbonyl (C=O) groups is 1. The summed E-state index contributed by atoms with van der Waals surface area (Å²) >= 11 is 11.6. The number of unbranched alkanes of at least 4 members (excludes halogenated alkanes) is 1. The van der Waals surface area contributed by atoms with Crippen LogP contribution in [0.1, 0.15) is 55.0 Å². The quantitative estimate of drug-likeness (QED) is 0.120. The van der Waals surface area contributed by atoms with Crippen molar-refractivity contribution in [1.29, 1.82) is 0 Å². The van der Waals surface area contributed by atoms with Crippen LogP contribution >= 0.6 is 39.3 Å². The van der Waals surface area contributed by atoms with E-state index in [0.29, 0.717) is 51.3 Å². The lowest BCUT2D eigenvalue weighted by atomic mass is 9.94. The predicted octanol–water partition coefficient (Wildman–Crippen LogP) is 8.72. The van der Waals surface area contributed by atoms with Gasteiger partial charge in [-0.1, -0.05) is 67.0 Å². The fraction of sp³-hybridized carbons (Fsp3) is 0.303. The molecule has 0 radical (unpaired) electrons. The molecule has 0 saturated carbocycles. The molecule has 0 bridgehead atoms. The molecule has 8 nitrogen and oxygen atoms in total. The fourth-order valence-electron chi connectivity index (χ4n) is 4.99. The molecule has 1 atom stereocenters. The van der Waals surface area contributed by atoms with Crippen LogP contribution < -0.4 is 20.1 Å². The number of nitrogens with one attached hydrogen (secondary N) is 2. The van der Waals surface area contributed by atoms with Gasteiger partial charge in [0, 0.05) is 22.2 Å². The van der Waals surface area contributed by atoms with Crippen LogP contribution in [0.15, 0.2) is 75.5 Å². The zero-order valence-electron chi connectivity index (χ0n) is 25.3. The van der Waals surface area contributed by atoms with Crippen molar-refractivity contribution in [1.82, 2.24) is 14.8 Å². The highest BCUT2D eigenvalue weighted by Crippen LogP contribution is 2.43. The van der Waals surface area contributed by atoms with E-state index in [9.17, 15) is 4.79 Å². The number of hydrogen-bond donors (Lipinski definition) is 2. The topological polar surface area (TPSA) is 90.3 Å². The summed E-state index contributed by atoms with van der Waals surface area (Å²) in [7, 11) is 1.61. The molecule has 1 aromatic heterocycles. The number of hydrogen-bond acceptors (Lipinski definition) is 7. The monoisotopic (exact) mass is 695 g/mol. The summed E-state index contributed by atoms with van der Waals surface area (Å²) < 4.78 is 14.3. The van der Waals surface area contributed by atoms with E-state index in [1.54, 1.807) is 11.8 Å². The van der Waals surface area contributed by atoms with E-state index in [2.05, 4.69) is 33.5 Å². The molecule has 0 spiro atoms. The first-order chi connectivity index (χ1) is 21.2. The molecule has 2 heterocycles. The summed E-state index contributed by atoms with van der Waals surface area (Å²) in [6.45, 7) is 8.60. The van der Waals surface area contributed by atoms with Crippen LogP contribution in [0.25, 0.3) is 0 Å². The van der Waals surface area contributed by atoms with Crippen molar-refractivity contribution in [2.24, 2.45) is 0 Å². The fourth-order valence-corrected chi connectivity index (χ4v) is 6.67. The number of nitrogens with zero attached hydrogens (tertiary/aromatic N) is 3. The maximum absolute atomic E-state index is 14.1. The maximum atomic E-state index is 14.1. The zero-order valence-corrected chi connectivity index (χ0v) is 28.5. The van der Waals surface area contributed by atoms with Crippen LogP contribution in [0.2, 0.25) is 5.02 Å². The Morgan fingerprint density at radius 2 is 1.95 bits per heavy atom. The molecular formula is C33H35BrClN5O3S. The smallest absolute Gasteiger partial charge is 0.255 e. The van der Waals surface area contributed by atoms with E-state index in [1.807, 2.05) is 75.4 Å². The Morgan fingerprint density at radius 1 is 1.16 bits per heavy atom. The third kappa shape index (κ3) is 6.77. The average molecular weight is 697 g/mol. The van der Waals surface area contributed by atoms with Crippen molar-refractivity contribution in [3.63, 3.8) is 0 Å². The minimum atomic E-state index is -0.603. The van der Waals surface area contributed by atoms with Gasteiger partial charge in [-0.2, -0.15) is 4.98 Å². The van der Waals surface area contributed by atoms with Crippen LogP contribution in [0.3, 0.4) is 0 Å². The second kappa shape index (κ2) is 14.1. The van der Waals surface area contributed by atoms with Crippen molar-refractivity contribution in [3.05, 3.63) is 97.6 Å². The number of rotatable bonds is 11. The second-order valence-electron chi connectivity index (χ2n) is 10.5. The standard InChI is InChI=1S/C33H35BrClN5O3S/c1-6-7-15-43-30-24(34)16-23(17-27(30)42-5)29-28(31(41)37-26-14-10-11-19(2)20(26)3)21(4)36-32-38-33(39-40(29)32)44-18-22-12-8-9-13-25(22)35/h8-14,16-17,29H,6-7,15,18H2,1-5H3,(H,37,41)(H,36,38,39). The number of allylic oxidation sites excluding steroid dienone is 1. The van der Waals surface area contributed by atoms with Gasteiger partial charge in [-0.15, -0.1) is 5.10 Å². The van der Waals surface area contributed by atoms with E-state index in [1.165, 1.54) is 11.8 Å². The predicted molar refractivity (Wildman–Crippen MR) is 181 cm³/mol. The van der Waals surface area contributed by atoms with Crippen molar-refractivity contribution in [2.45, 2.75) is 57.5 Å². The molecule has 1 unspecified atom stereocenters. The van der Waals surface area contributed by atoms with E-state index >= 15 is 0 Å². The zero-order chi connectivity index (χ0) is 31.4. The number of aryl methyl sites for hydroxylation is 1. The number of benzene rings is 3. The van der Waals surface area contributed by atoms with Crippen LogP contribution in [0.4, 0.5) is 11.6 Å². The molecule has 1 aliphatic rings. The molecular weight excluding hydrogens is 662 g/mol. The molecule has 0 saturated heterocycles.